The lowest BCUT2D eigenvalue weighted by molar-refractivity contribution is 0.623. The average molecular weight is 218 g/mol. The highest BCUT2D eigenvalue weighted by atomic mass is 15.0. The minimum atomic E-state index is 0.621. The van der Waals surface area contributed by atoms with Crippen LogP contribution < -0.4 is 5.32 Å². The fourth-order valence-electron chi connectivity index (χ4n) is 2.44. The summed E-state index contributed by atoms with van der Waals surface area (Å²) < 4.78 is 0. The molecule has 88 valence electrons. The summed E-state index contributed by atoms with van der Waals surface area (Å²) in [6.45, 7) is 5.57. The molecule has 1 N–H and O–H groups in total. The van der Waals surface area contributed by atoms with E-state index < -0.39 is 0 Å². The topological polar surface area (TPSA) is 24.9 Å². The second-order valence-electron chi connectivity index (χ2n) is 4.64. The molecule has 0 atom stereocenters. The lowest BCUT2D eigenvalue weighted by atomic mass is 9.98. The van der Waals surface area contributed by atoms with Crippen molar-refractivity contribution in [3.8, 4) is 0 Å². The molecule has 0 radical (unpaired) electrons. The van der Waals surface area contributed by atoms with Crippen molar-refractivity contribution >= 4 is 5.82 Å². The SMILES string of the molecule is CCC(CC)c1ccc2c(n1)NCCCC2. The van der Waals surface area contributed by atoms with Gasteiger partial charge in [-0.05, 0) is 43.7 Å². The molecule has 1 aromatic heterocycles. The molecular weight excluding hydrogens is 196 g/mol. The summed E-state index contributed by atoms with van der Waals surface area (Å²) in [5.41, 5.74) is 2.66. The summed E-state index contributed by atoms with van der Waals surface area (Å²) in [5, 5.41) is 3.46. The maximum Gasteiger partial charge on any atom is 0.129 e. The minimum Gasteiger partial charge on any atom is -0.370 e. The van der Waals surface area contributed by atoms with Gasteiger partial charge in [-0.3, -0.25) is 0 Å². The third-order valence-electron chi connectivity index (χ3n) is 3.57. The first-order chi connectivity index (χ1) is 7.85. The third kappa shape index (κ3) is 2.37. The van der Waals surface area contributed by atoms with Crippen molar-refractivity contribution in [3.63, 3.8) is 0 Å². The van der Waals surface area contributed by atoms with Crippen molar-refractivity contribution in [2.45, 2.75) is 51.9 Å². The Morgan fingerprint density at radius 3 is 2.81 bits per heavy atom. The molecule has 2 heterocycles. The quantitative estimate of drug-likeness (QED) is 0.836. The normalized spacial score (nSPS) is 15.4. The molecule has 0 unspecified atom stereocenters. The molecule has 1 aliphatic rings. The average Bonchev–Trinajstić information content (AvgIpc) is 2.55. The van der Waals surface area contributed by atoms with E-state index in [-0.39, 0.29) is 0 Å². The Morgan fingerprint density at radius 1 is 1.25 bits per heavy atom. The Kier molecular flexibility index (Phi) is 3.81. The van der Waals surface area contributed by atoms with E-state index >= 15 is 0 Å². The van der Waals surface area contributed by atoms with Crippen molar-refractivity contribution in [2.75, 3.05) is 11.9 Å². The number of aromatic nitrogens is 1. The molecule has 0 bridgehead atoms. The molecule has 2 heteroatoms. The van der Waals surface area contributed by atoms with Gasteiger partial charge in [-0.15, -0.1) is 0 Å². The Bertz CT molecular complexity index is 343. The van der Waals surface area contributed by atoms with Crippen LogP contribution in [0, 0.1) is 0 Å². The van der Waals surface area contributed by atoms with Crippen LogP contribution in [0.15, 0.2) is 12.1 Å². The Morgan fingerprint density at radius 2 is 2.06 bits per heavy atom. The largest absolute Gasteiger partial charge is 0.370 e. The fraction of sp³-hybridized carbons (Fsp3) is 0.643. The summed E-state index contributed by atoms with van der Waals surface area (Å²) in [6, 6.07) is 4.50. The maximum atomic E-state index is 4.80. The van der Waals surface area contributed by atoms with E-state index in [1.807, 2.05) is 0 Å². The first-order valence-corrected chi connectivity index (χ1v) is 6.58. The highest BCUT2D eigenvalue weighted by Crippen LogP contribution is 2.26. The number of anilines is 1. The van der Waals surface area contributed by atoms with E-state index in [4.69, 9.17) is 4.98 Å². The molecule has 0 fully saturated rings. The van der Waals surface area contributed by atoms with E-state index in [2.05, 4.69) is 31.3 Å². The maximum absolute atomic E-state index is 4.80. The Balaban J connectivity index is 2.26. The van der Waals surface area contributed by atoms with Crippen LogP contribution in [-0.4, -0.2) is 11.5 Å². The van der Waals surface area contributed by atoms with Crippen molar-refractivity contribution in [3.05, 3.63) is 23.4 Å². The third-order valence-corrected chi connectivity index (χ3v) is 3.57. The number of rotatable bonds is 3. The predicted molar refractivity (Wildman–Crippen MR) is 69.0 cm³/mol. The predicted octanol–water partition coefficient (Wildman–Crippen LogP) is 3.73. The van der Waals surface area contributed by atoms with Crippen molar-refractivity contribution in [1.29, 1.82) is 0 Å². The standard InChI is InChI=1S/C14H22N2/c1-3-11(4-2)13-9-8-12-7-5-6-10-15-14(12)16-13/h8-9,11H,3-7,10H2,1-2H3,(H,15,16). The molecule has 0 saturated carbocycles. The highest BCUT2D eigenvalue weighted by molar-refractivity contribution is 5.46. The summed E-state index contributed by atoms with van der Waals surface area (Å²) in [5.74, 6) is 1.76. The van der Waals surface area contributed by atoms with E-state index in [0.717, 1.165) is 12.4 Å². The fourth-order valence-corrected chi connectivity index (χ4v) is 2.44. The molecule has 0 saturated heterocycles. The first-order valence-electron chi connectivity index (χ1n) is 6.58. The molecule has 0 aromatic carbocycles. The highest BCUT2D eigenvalue weighted by Gasteiger charge is 2.13. The molecular formula is C14H22N2. The zero-order chi connectivity index (χ0) is 11.4. The molecule has 0 amide bonds. The summed E-state index contributed by atoms with van der Waals surface area (Å²) in [6.07, 6.45) is 6.09. The van der Waals surface area contributed by atoms with Gasteiger partial charge in [0, 0.05) is 18.2 Å². The second kappa shape index (κ2) is 5.33. The number of nitrogens with one attached hydrogen (secondary N) is 1. The van der Waals surface area contributed by atoms with Gasteiger partial charge in [0.15, 0.2) is 0 Å². The van der Waals surface area contributed by atoms with Crippen LogP contribution in [0.5, 0.6) is 0 Å². The molecule has 2 rings (SSSR count). The zero-order valence-electron chi connectivity index (χ0n) is 10.4. The number of hydrogen-bond acceptors (Lipinski definition) is 2. The summed E-state index contributed by atoms with van der Waals surface area (Å²) in [7, 11) is 0. The Labute approximate surface area is 98.5 Å². The van der Waals surface area contributed by atoms with Crippen LogP contribution in [-0.2, 0) is 6.42 Å². The van der Waals surface area contributed by atoms with Gasteiger partial charge in [-0.25, -0.2) is 4.98 Å². The molecule has 1 aliphatic heterocycles. The molecule has 0 spiro atoms. The molecule has 2 nitrogen and oxygen atoms in total. The number of aryl methyl sites for hydroxylation is 1. The minimum absolute atomic E-state index is 0.621. The van der Waals surface area contributed by atoms with Crippen molar-refractivity contribution in [2.24, 2.45) is 0 Å². The monoisotopic (exact) mass is 218 g/mol. The first kappa shape index (κ1) is 11.4. The van der Waals surface area contributed by atoms with Gasteiger partial charge >= 0.3 is 0 Å². The van der Waals surface area contributed by atoms with Gasteiger partial charge in [0.25, 0.3) is 0 Å². The van der Waals surface area contributed by atoms with Crippen LogP contribution in [0.1, 0.15) is 56.7 Å². The van der Waals surface area contributed by atoms with Gasteiger partial charge in [0.05, 0.1) is 0 Å². The number of nitrogens with zero attached hydrogens (tertiary/aromatic N) is 1. The lowest BCUT2D eigenvalue weighted by Gasteiger charge is -2.14. The number of hydrogen-bond donors (Lipinski definition) is 1. The Hall–Kier alpha value is -1.05. The smallest absolute Gasteiger partial charge is 0.129 e. The van der Waals surface area contributed by atoms with Gasteiger partial charge in [0.1, 0.15) is 5.82 Å². The van der Waals surface area contributed by atoms with Gasteiger partial charge < -0.3 is 5.32 Å². The van der Waals surface area contributed by atoms with Gasteiger partial charge in [-0.2, -0.15) is 0 Å². The number of fused-ring (bicyclic) bond motifs is 1. The summed E-state index contributed by atoms with van der Waals surface area (Å²) >= 11 is 0. The van der Waals surface area contributed by atoms with Crippen LogP contribution in [0.3, 0.4) is 0 Å². The second-order valence-corrected chi connectivity index (χ2v) is 4.64. The van der Waals surface area contributed by atoms with E-state index in [0.29, 0.717) is 5.92 Å². The molecule has 0 aliphatic carbocycles. The van der Waals surface area contributed by atoms with Crippen LogP contribution >= 0.6 is 0 Å². The molecule has 16 heavy (non-hydrogen) atoms. The van der Waals surface area contributed by atoms with E-state index in [9.17, 15) is 0 Å². The van der Waals surface area contributed by atoms with E-state index in [1.54, 1.807) is 0 Å². The molecule has 1 aromatic rings. The van der Waals surface area contributed by atoms with Crippen LogP contribution in [0.25, 0.3) is 0 Å². The van der Waals surface area contributed by atoms with Gasteiger partial charge in [-0.1, -0.05) is 19.9 Å². The lowest BCUT2D eigenvalue weighted by Crippen LogP contribution is -2.06. The van der Waals surface area contributed by atoms with E-state index in [1.165, 1.54) is 43.4 Å². The van der Waals surface area contributed by atoms with Crippen molar-refractivity contribution in [1.82, 2.24) is 4.98 Å². The number of pyridine rings is 1. The van der Waals surface area contributed by atoms with Crippen molar-refractivity contribution < 1.29 is 0 Å². The van der Waals surface area contributed by atoms with Crippen LogP contribution in [0.2, 0.25) is 0 Å². The zero-order valence-corrected chi connectivity index (χ0v) is 10.4. The van der Waals surface area contributed by atoms with Gasteiger partial charge in [0.2, 0.25) is 0 Å². The summed E-state index contributed by atoms with van der Waals surface area (Å²) in [4.78, 5) is 4.80. The van der Waals surface area contributed by atoms with Crippen LogP contribution in [0.4, 0.5) is 5.82 Å².